The number of carbonyl (C=O) groups is 1. The topological polar surface area (TPSA) is 60.8 Å². The summed E-state index contributed by atoms with van der Waals surface area (Å²) in [4.78, 5) is 12.1. The first-order chi connectivity index (χ1) is 7.92. The quantitative estimate of drug-likeness (QED) is 0.785. The molecule has 17 heavy (non-hydrogen) atoms. The second kappa shape index (κ2) is 4.00. The summed E-state index contributed by atoms with van der Waals surface area (Å²) in [5.74, 6) is -0.433. The normalized spacial score (nSPS) is 28.4. The van der Waals surface area contributed by atoms with Crippen molar-refractivity contribution in [1.29, 1.82) is 0 Å². The van der Waals surface area contributed by atoms with Gasteiger partial charge in [-0.25, -0.2) is 9.18 Å². The van der Waals surface area contributed by atoms with Crippen molar-refractivity contribution in [2.75, 3.05) is 6.54 Å². The zero-order valence-corrected chi connectivity index (χ0v) is 9.43. The highest BCUT2D eigenvalue weighted by molar-refractivity contribution is 5.66. The molecule has 2 atom stereocenters. The minimum atomic E-state index is -1.29. The molecule has 0 spiro atoms. The van der Waals surface area contributed by atoms with Gasteiger partial charge < -0.3 is 15.1 Å². The number of amides is 1. The first-order valence-electron chi connectivity index (χ1n) is 5.40. The molecule has 1 amide bonds. The fraction of sp³-hybridized carbons (Fsp3) is 0.417. The van der Waals surface area contributed by atoms with Crippen LogP contribution in [0.5, 0.6) is 0 Å². The summed E-state index contributed by atoms with van der Waals surface area (Å²) in [7, 11) is 0. The molecule has 0 saturated carbocycles. The molecular formula is C12H14FNO3. The standard InChI is InChI=1S/C12H14FNO3/c1-8-6-12(17,7-14(8)11(15)16)9-3-2-4-10(13)5-9/h2-5,8,17H,6-7H2,1H3,(H,15,16)/t8-,12?/m1/s1. The van der Waals surface area contributed by atoms with E-state index in [4.69, 9.17) is 5.11 Å². The maximum absolute atomic E-state index is 13.1. The van der Waals surface area contributed by atoms with Gasteiger partial charge in [-0.3, -0.25) is 0 Å². The molecule has 4 nitrogen and oxygen atoms in total. The molecule has 0 radical (unpaired) electrons. The average molecular weight is 239 g/mol. The van der Waals surface area contributed by atoms with Gasteiger partial charge in [0.25, 0.3) is 0 Å². The number of likely N-dealkylation sites (tertiary alicyclic amines) is 1. The third-order valence-corrected chi connectivity index (χ3v) is 3.20. The average Bonchev–Trinajstić information content (AvgIpc) is 2.56. The van der Waals surface area contributed by atoms with Gasteiger partial charge in [0.2, 0.25) is 0 Å². The smallest absolute Gasteiger partial charge is 0.407 e. The molecule has 5 heteroatoms. The van der Waals surface area contributed by atoms with E-state index in [1.54, 1.807) is 13.0 Å². The van der Waals surface area contributed by atoms with Crippen LogP contribution in [0.2, 0.25) is 0 Å². The molecule has 0 aliphatic carbocycles. The molecule has 2 N–H and O–H groups in total. The molecule has 92 valence electrons. The number of rotatable bonds is 1. The molecule has 0 aromatic heterocycles. The van der Waals surface area contributed by atoms with Crippen molar-refractivity contribution in [3.63, 3.8) is 0 Å². The van der Waals surface area contributed by atoms with Crippen LogP contribution in [-0.2, 0) is 5.60 Å². The lowest BCUT2D eigenvalue weighted by molar-refractivity contribution is 0.0455. The number of hydrogen-bond donors (Lipinski definition) is 2. The molecule has 1 saturated heterocycles. The lowest BCUT2D eigenvalue weighted by Gasteiger charge is -2.22. The molecule has 1 aliphatic rings. The Kier molecular flexibility index (Phi) is 2.79. The highest BCUT2D eigenvalue weighted by Crippen LogP contribution is 2.35. The van der Waals surface area contributed by atoms with Crippen molar-refractivity contribution < 1.29 is 19.4 Å². The van der Waals surface area contributed by atoms with Gasteiger partial charge in [0.15, 0.2) is 0 Å². The van der Waals surface area contributed by atoms with Crippen molar-refractivity contribution in [2.24, 2.45) is 0 Å². The molecule has 1 aromatic carbocycles. The van der Waals surface area contributed by atoms with Crippen LogP contribution in [0.3, 0.4) is 0 Å². The number of aliphatic hydroxyl groups is 1. The molecule has 1 fully saturated rings. The lowest BCUT2D eigenvalue weighted by Crippen LogP contribution is -2.35. The Morgan fingerprint density at radius 1 is 1.59 bits per heavy atom. The van der Waals surface area contributed by atoms with E-state index in [2.05, 4.69) is 0 Å². The molecule has 0 bridgehead atoms. The van der Waals surface area contributed by atoms with E-state index in [1.165, 1.54) is 23.1 Å². The predicted molar refractivity (Wildman–Crippen MR) is 59.1 cm³/mol. The van der Waals surface area contributed by atoms with Gasteiger partial charge in [-0.2, -0.15) is 0 Å². The van der Waals surface area contributed by atoms with Crippen LogP contribution in [0.25, 0.3) is 0 Å². The number of benzene rings is 1. The Balaban J connectivity index is 2.30. The van der Waals surface area contributed by atoms with E-state index in [-0.39, 0.29) is 19.0 Å². The Morgan fingerprint density at radius 2 is 2.29 bits per heavy atom. The fourth-order valence-electron chi connectivity index (χ4n) is 2.34. The third-order valence-electron chi connectivity index (χ3n) is 3.20. The van der Waals surface area contributed by atoms with Crippen molar-refractivity contribution in [2.45, 2.75) is 25.0 Å². The number of carboxylic acid groups (broad SMARTS) is 1. The molecule has 1 unspecified atom stereocenters. The van der Waals surface area contributed by atoms with E-state index in [0.717, 1.165) is 0 Å². The SMILES string of the molecule is C[C@@H]1CC(O)(c2cccc(F)c2)CN1C(=O)O. The summed E-state index contributed by atoms with van der Waals surface area (Å²) < 4.78 is 13.1. The van der Waals surface area contributed by atoms with Crippen molar-refractivity contribution in [3.05, 3.63) is 35.6 Å². The Bertz CT molecular complexity index is 451. The van der Waals surface area contributed by atoms with E-state index < -0.39 is 17.5 Å². The van der Waals surface area contributed by atoms with Crippen LogP contribution in [0.15, 0.2) is 24.3 Å². The second-order valence-corrected chi connectivity index (χ2v) is 4.51. The predicted octanol–water partition coefficient (Wildman–Crippen LogP) is 1.79. The first-order valence-corrected chi connectivity index (χ1v) is 5.40. The Labute approximate surface area is 98.3 Å². The molecule has 1 heterocycles. The molecule has 1 aromatic rings. The van der Waals surface area contributed by atoms with E-state index in [0.29, 0.717) is 5.56 Å². The minimum Gasteiger partial charge on any atom is -0.465 e. The number of β-amino-alcohol motifs (C(OH)–C–C–N with tert-alkyl or cyclic N) is 1. The van der Waals surface area contributed by atoms with Gasteiger partial charge >= 0.3 is 6.09 Å². The van der Waals surface area contributed by atoms with Crippen LogP contribution in [0, 0.1) is 5.82 Å². The first kappa shape index (κ1) is 11.9. The van der Waals surface area contributed by atoms with Crippen molar-refractivity contribution in [3.8, 4) is 0 Å². The summed E-state index contributed by atoms with van der Waals surface area (Å²) in [5.41, 5.74) is -0.868. The zero-order chi connectivity index (χ0) is 12.6. The van der Waals surface area contributed by atoms with Crippen molar-refractivity contribution in [1.82, 2.24) is 4.90 Å². The van der Waals surface area contributed by atoms with Crippen LogP contribution in [-0.4, -0.2) is 33.8 Å². The largest absolute Gasteiger partial charge is 0.465 e. The summed E-state index contributed by atoms with van der Waals surface area (Å²) in [6.07, 6.45) is -0.784. The maximum Gasteiger partial charge on any atom is 0.407 e. The summed E-state index contributed by atoms with van der Waals surface area (Å²) in [6, 6.07) is 5.39. The second-order valence-electron chi connectivity index (χ2n) is 4.51. The number of nitrogens with zero attached hydrogens (tertiary/aromatic N) is 1. The van der Waals surface area contributed by atoms with Gasteiger partial charge in [0, 0.05) is 12.5 Å². The molecule has 2 rings (SSSR count). The van der Waals surface area contributed by atoms with Crippen LogP contribution >= 0.6 is 0 Å². The van der Waals surface area contributed by atoms with Crippen molar-refractivity contribution >= 4 is 6.09 Å². The molecular weight excluding hydrogens is 225 g/mol. The highest BCUT2D eigenvalue weighted by Gasteiger charge is 2.44. The zero-order valence-electron chi connectivity index (χ0n) is 9.43. The minimum absolute atomic E-state index is 0.0209. The maximum atomic E-state index is 13.1. The summed E-state index contributed by atoms with van der Waals surface area (Å²) >= 11 is 0. The van der Waals surface area contributed by atoms with Gasteiger partial charge in [-0.05, 0) is 24.6 Å². The summed E-state index contributed by atoms with van der Waals surface area (Å²) in [5, 5.41) is 19.4. The van der Waals surface area contributed by atoms with Crippen LogP contribution < -0.4 is 0 Å². The lowest BCUT2D eigenvalue weighted by atomic mass is 9.91. The molecule has 1 aliphatic heterocycles. The van der Waals surface area contributed by atoms with Gasteiger partial charge in [-0.15, -0.1) is 0 Å². The third kappa shape index (κ3) is 2.10. The van der Waals surface area contributed by atoms with Crippen LogP contribution in [0.4, 0.5) is 9.18 Å². The van der Waals surface area contributed by atoms with E-state index in [1.807, 2.05) is 0 Å². The van der Waals surface area contributed by atoms with Gasteiger partial charge in [-0.1, -0.05) is 12.1 Å². The van der Waals surface area contributed by atoms with Gasteiger partial charge in [0.1, 0.15) is 11.4 Å². The Morgan fingerprint density at radius 3 is 2.82 bits per heavy atom. The number of halogens is 1. The Hall–Kier alpha value is -1.62. The van der Waals surface area contributed by atoms with E-state index in [9.17, 15) is 14.3 Å². The van der Waals surface area contributed by atoms with Gasteiger partial charge in [0.05, 0.1) is 6.54 Å². The number of hydrogen-bond acceptors (Lipinski definition) is 2. The monoisotopic (exact) mass is 239 g/mol. The van der Waals surface area contributed by atoms with Crippen LogP contribution in [0.1, 0.15) is 18.9 Å². The van der Waals surface area contributed by atoms with E-state index >= 15 is 0 Å². The highest BCUT2D eigenvalue weighted by atomic mass is 19.1. The summed E-state index contributed by atoms with van der Waals surface area (Å²) in [6.45, 7) is 1.71. The fourth-order valence-corrected chi connectivity index (χ4v) is 2.34.